The molecule has 21 heavy (non-hydrogen) atoms. The Morgan fingerprint density at radius 2 is 2.05 bits per heavy atom. The molecule has 1 aliphatic rings. The fraction of sp³-hybridized carbons (Fsp3) is 0.500. The summed E-state index contributed by atoms with van der Waals surface area (Å²) in [6.07, 6.45) is 1.89. The highest BCUT2D eigenvalue weighted by Gasteiger charge is 2.41. The molecule has 1 fully saturated rings. The lowest BCUT2D eigenvalue weighted by Crippen LogP contribution is -2.57. The second-order valence-electron chi connectivity index (χ2n) is 4.79. The van der Waals surface area contributed by atoms with Crippen molar-refractivity contribution in [3.8, 4) is 0 Å². The molecule has 0 radical (unpaired) electrons. The van der Waals surface area contributed by atoms with Crippen LogP contribution in [-0.2, 0) is 16.1 Å². The van der Waals surface area contributed by atoms with Crippen LogP contribution in [0, 0.1) is 0 Å². The summed E-state index contributed by atoms with van der Waals surface area (Å²) in [5, 5.41) is 11.9. The third-order valence-electron chi connectivity index (χ3n) is 3.35. The molecule has 1 aliphatic heterocycles. The number of amides is 1. The molecule has 1 aromatic rings. The van der Waals surface area contributed by atoms with Crippen LogP contribution in [0.25, 0.3) is 0 Å². The number of carbonyl (C=O) groups is 2. The van der Waals surface area contributed by atoms with E-state index >= 15 is 0 Å². The highest BCUT2D eigenvalue weighted by Crippen LogP contribution is 2.27. The molecule has 0 bridgehead atoms. The van der Waals surface area contributed by atoms with Crippen molar-refractivity contribution in [2.75, 3.05) is 11.5 Å². The largest absolute Gasteiger partial charge is 0.480 e. The number of H-pyrrole nitrogens is 1. The normalized spacial score (nSPS) is 17.1. The monoisotopic (exact) mass is 313 g/mol. The number of carboxylic acid groups (broad SMARTS) is 1. The van der Waals surface area contributed by atoms with Crippen molar-refractivity contribution in [1.82, 2.24) is 14.9 Å². The lowest BCUT2D eigenvalue weighted by molar-refractivity contribution is -0.148. The smallest absolute Gasteiger partial charge is 0.329 e. The maximum atomic E-state index is 12.0. The molecule has 2 rings (SSSR count). The van der Waals surface area contributed by atoms with Gasteiger partial charge in [0, 0.05) is 12.3 Å². The van der Waals surface area contributed by atoms with Gasteiger partial charge >= 0.3 is 11.7 Å². The number of nitrogens with zero attached hydrogens (tertiary/aromatic N) is 1. The molecule has 2 heterocycles. The van der Waals surface area contributed by atoms with E-state index in [9.17, 15) is 24.3 Å². The molecule has 0 unspecified atom stereocenters. The summed E-state index contributed by atoms with van der Waals surface area (Å²) in [5.74, 6) is -0.320. The number of carbonyl (C=O) groups excluding carboxylic acids is 1. The second-order valence-corrected chi connectivity index (χ2v) is 6.01. The van der Waals surface area contributed by atoms with Gasteiger partial charge in [-0.1, -0.05) is 0 Å². The van der Waals surface area contributed by atoms with Crippen molar-refractivity contribution < 1.29 is 14.7 Å². The molecule has 1 saturated heterocycles. The number of carboxylic acids is 1. The molecule has 9 heteroatoms. The summed E-state index contributed by atoms with van der Waals surface area (Å²) in [6.45, 7) is -0.336. The molecule has 0 aliphatic carbocycles. The number of hydrogen-bond donors (Lipinski definition) is 3. The van der Waals surface area contributed by atoms with Crippen molar-refractivity contribution in [1.29, 1.82) is 0 Å². The number of aromatic nitrogens is 2. The summed E-state index contributed by atoms with van der Waals surface area (Å²) in [5.41, 5.74) is -2.53. The summed E-state index contributed by atoms with van der Waals surface area (Å²) in [6, 6.07) is 1.12. The third kappa shape index (κ3) is 3.54. The van der Waals surface area contributed by atoms with Crippen molar-refractivity contribution in [2.24, 2.45) is 0 Å². The average Bonchev–Trinajstić information content (AvgIpc) is 2.43. The van der Waals surface area contributed by atoms with Gasteiger partial charge in [0.2, 0.25) is 5.91 Å². The van der Waals surface area contributed by atoms with Crippen LogP contribution in [0.2, 0.25) is 0 Å². The van der Waals surface area contributed by atoms with Gasteiger partial charge in [-0.05, 0) is 24.3 Å². The van der Waals surface area contributed by atoms with E-state index < -0.39 is 28.7 Å². The van der Waals surface area contributed by atoms with Gasteiger partial charge in [0.1, 0.15) is 12.1 Å². The van der Waals surface area contributed by atoms with E-state index in [0.717, 1.165) is 10.6 Å². The van der Waals surface area contributed by atoms with E-state index in [4.69, 9.17) is 0 Å². The maximum Gasteiger partial charge on any atom is 0.329 e. The van der Waals surface area contributed by atoms with Gasteiger partial charge in [-0.3, -0.25) is 19.1 Å². The fourth-order valence-corrected chi connectivity index (χ4v) is 3.33. The Morgan fingerprint density at radius 1 is 1.38 bits per heavy atom. The quantitative estimate of drug-likeness (QED) is 0.656. The highest BCUT2D eigenvalue weighted by atomic mass is 32.2. The van der Waals surface area contributed by atoms with E-state index in [-0.39, 0.29) is 6.54 Å². The Labute approximate surface area is 123 Å². The van der Waals surface area contributed by atoms with Gasteiger partial charge in [0.05, 0.1) is 0 Å². The van der Waals surface area contributed by atoms with E-state index in [0.29, 0.717) is 24.3 Å². The van der Waals surface area contributed by atoms with Crippen molar-refractivity contribution in [2.45, 2.75) is 24.9 Å². The summed E-state index contributed by atoms with van der Waals surface area (Å²) < 4.78 is 1.02. The summed E-state index contributed by atoms with van der Waals surface area (Å²) in [7, 11) is 0. The summed E-state index contributed by atoms with van der Waals surface area (Å²) in [4.78, 5) is 47.9. The number of aromatic amines is 1. The maximum absolute atomic E-state index is 12.0. The first-order valence-electron chi connectivity index (χ1n) is 6.35. The van der Waals surface area contributed by atoms with Crippen LogP contribution in [0.4, 0.5) is 0 Å². The zero-order valence-corrected chi connectivity index (χ0v) is 11.9. The topological polar surface area (TPSA) is 121 Å². The van der Waals surface area contributed by atoms with Gasteiger partial charge in [-0.15, -0.1) is 0 Å². The number of aliphatic carboxylic acids is 1. The molecule has 0 spiro atoms. The zero-order chi connectivity index (χ0) is 15.5. The minimum Gasteiger partial charge on any atom is -0.480 e. The van der Waals surface area contributed by atoms with E-state index in [1.54, 1.807) is 11.8 Å². The molecule has 3 N–H and O–H groups in total. The van der Waals surface area contributed by atoms with Crippen LogP contribution in [0.3, 0.4) is 0 Å². The van der Waals surface area contributed by atoms with Gasteiger partial charge in [-0.2, -0.15) is 11.8 Å². The van der Waals surface area contributed by atoms with E-state index in [2.05, 4.69) is 5.32 Å². The number of hydrogen-bond acceptors (Lipinski definition) is 5. The van der Waals surface area contributed by atoms with Crippen LogP contribution < -0.4 is 16.6 Å². The van der Waals surface area contributed by atoms with Gasteiger partial charge in [0.25, 0.3) is 5.56 Å². The van der Waals surface area contributed by atoms with Gasteiger partial charge < -0.3 is 10.4 Å². The predicted octanol–water partition coefficient (Wildman–Crippen LogP) is -0.997. The molecule has 114 valence electrons. The lowest BCUT2D eigenvalue weighted by atomic mass is 9.92. The number of nitrogens with one attached hydrogen (secondary N) is 2. The van der Waals surface area contributed by atoms with Crippen molar-refractivity contribution >= 4 is 23.6 Å². The Morgan fingerprint density at radius 3 is 2.62 bits per heavy atom. The highest BCUT2D eigenvalue weighted by molar-refractivity contribution is 7.99. The van der Waals surface area contributed by atoms with Crippen LogP contribution in [0.15, 0.2) is 21.9 Å². The van der Waals surface area contributed by atoms with E-state index in [1.807, 2.05) is 4.98 Å². The average molecular weight is 313 g/mol. The second kappa shape index (κ2) is 6.17. The molecule has 1 aromatic heterocycles. The van der Waals surface area contributed by atoms with Gasteiger partial charge in [0.15, 0.2) is 0 Å². The first-order valence-corrected chi connectivity index (χ1v) is 7.50. The molecular weight excluding hydrogens is 298 g/mol. The predicted molar refractivity (Wildman–Crippen MR) is 76.4 cm³/mol. The first-order chi connectivity index (χ1) is 9.93. The Hall–Kier alpha value is -2.03. The molecule has 0 saturated carbocycles. The van der Waals surface area contributed by atoms with E-state index in [1.165, 1.54) is 6.20 Å². The van der Waals surface area contributed by atoms with Crippen molar-refractivity contribution in [3.05, 3.63) is 33.1 Å². The molecule has 0 aromatic carbocycles. The first kappa shape index (κ1) is 15.4. The van der Waals surface area contributed by atoms with Crippen LogP contribution in [-0.4, -0.2) is 43.6 Å². The minimum atomic E-state index is -1.27. The number of thioether (sulfide) groups is 1. The number of rotatable bonds is 4. The molecule has 1 amide bonds. The molecule has 0 atom stereocenters. The third-order valence-corrected chi connectivity index (χ3v) is 4.33. The summed E-state index contributed by atoms with van der Waals surface area (Å²) >= 11 is 1.64. The van der Waals surface area contributed by atoms with Gasteiger partial charge in [-0.25, -0.2) is 9.59 Å². The Bertz CT molecular complexity index is 659. The standard InChI is InChI=1S/C12H15N3O5S/c16-8-1-4-15(11(20)13-8)7-9(17)14-12(10(18)19)2-5-21-6-3-12/h1,4H,2-3,5-7H2,(H,14,17)(H,18,19)(H,13,16,20). The lowest BCUT2D eigenvalue weighted by Gasteiger charge is -2.33. The SMILES string of the molecule is O=C(Cn1ccc(=O)[nH]c1=O)NC1(C(=O)O)CCSCC1. The fourth-order valence-electron chi connectivity index (χ4n) is 2.14. The van der Waals surface area contributed by atoms with Crippen molar-refractivity contribution in [3.63, 3.8) is 0 Å². The zero-order valence-electron chi connectivity index (χ0n) is 11.1. The van der Waals surface area contributed by atoms with Crippen LogP contribution in [0.5, 0.6) is 0 Å². The molecular formula is C12H15N3O5S. The Balaban J connectivity index is 2.11. The molecule has 8 nitrogen and oxygen atoms in total. The minimum absolute atomic E-state index is 0.336. The van der Waals surface area contributed by atoms with Crippen LogP contribution >= 0.6 is 11.8 Å². The van der Waals surface area contributed by atoms with Crippen LogP contribution in [0.1, 0.15) is 12.8 Å². The Kier molecular flexibility index (Phi) is 4.51.